The van der Waals surface area contributed by atoms with E-state index < -0.39 is 0 Å². The normalized spacial score (nSPS) is 29.0. The van der Waals surface area contributed by atoms with E-state index in [4.69, 9.17) is 9.47 Å². The summed E-state index contributed by atoms with van der Waals surface area (Å²) < 4.78 is 10.8. The molecule has 0 radical (unpaired) electrons. The molecule has 1 aliphatic carbocycles. The van der Waals surface area contributed by atoms with Crippen LogP contribution in [0.25, 0.3) is 0 Å². The Balaban J connectivity index is 2.00. The lowest BCUT2D eigenvalue weighted by Gasteiger charge is -2.26. The minimum Gasteiger partial charge on any atom is -0.384 e. The van der Waals surface area contributed by atoms with Crippen LogP contribution < -0.4 is 0 Å². The molecule has 90 valence electrons. The minimum atomic E-state index is 0.525. The van der Waals surface area contributed by atoms with E-state index in [2.05, 4.69) is 13.8 Å². The van der Waals surface area contributed by atoms with Crippen LogP contribution in [-0.2, 0) is 9.47 Å². The second-order valence-corrected chi connectivity index (χ2v) is 5.22. The number of hydrogen-bond donors (Lipinski definition) is 0. The number of rotatable bonds is 6. The molecule has 0 bridgehead atoms. The van der Waals surface area contributed by atoms with Crippen LogP contribution in [0.15, 0.2) is 0 Å². The second kappa shape index (κ2) is 7.24. The van der Waals surface area contributed by atoms with Crippen LogP contribution in [0, 0.1) is 17.8 Å². The topological polar surface area (TPSA) is 18.5 Å². The lowest BCUT2D eigenvalue weighted by atomic mass is 9.83. The van der Waals surface area contributed by atoms with Crippen molar-refractivity contribution < 1.29 is 9.47 Å². The number of methoxy groups -OCH3 is 1. The highest BCUT2D eigenvalue weighted by molar-refractivity contribution is 4.69. The van der Waals surface area contributed by atoms with Crippen molar-refractivity contribution in [2.75, 3.05) is 26.9 Å². The summed E-state index contributed by atoms with van der Waals surface area (Å²) in [7, 11) is 1.75. The number of hydrogen-bond acceptors (Lipinski definition) is 2. The van der Waals surface area contributed by atoms with E-state index in [9.17, 15) is 0 Å². The summed E-state index contributed by atoms with van der Waals surface area (Å²) >= 11 is 0. The molecule has 1 aliphatic rings. The van der Waals surface area contributed by atoms with Crippen LogP contribution in [0.1, 0.15) is 39.5 Å². The molecule has 2 nitrogen and oxygen atoms in total. The summed E-state index contributed by atoms with van der Waals surface area (Å²) in [6.07, 6.45) is 5.50. The van der Waals surface area contributed by atoms with E-state index in [0.29, 0.717) is 5.92 Å². The van der Waals surface area contributed by atoms with Gasteiger partial charge in [0, 0.05) is 19.6 Å². The molecule has 0 spiro atoms. The Morgan fingerprint density at radius 2 is 1.80 bits per heavy atom. The van der Waals surface area contributed by atoms with Crippen molar-refractivity contribution in [1.29, 1.82) is 0 Å². The average Bonchev–Trinajstić information content (AvgIpc) is 2.21. The Kier molecular flexibility index (Phi) is 6.26. The molecular formula is C13H26O2. The molecule has 0 heterocycles. The maximum absolute atomic E-state index is 5.74. The van der Waals surface area contributed by atoms with E-state index in [1.54, 1.807) is 7.11 Å². The fourth-order valence-corrected chi connectivity index (χ4v) is 2.26. The van der Waals surface area contributed by atoms with Gasteiger partial charge in [-0.2, -0.15) is 0 Å². The molecule has 1 rings (SSSR count). The minimum absolute atomic E-state index is 0.525. The zero-order valence-electron chi connectivity index (χ0n) is 10.5. The van der Waals surface area contributed by atoms with Gasteiger partial charge >= 0.3 is 0 Å². The lowest BCUT2D eigenvalue weighted by Crippen LogP contribution is -2.20. The Bertz CT molecular complexity index is 151. The molecule has 0 aromatic rings. The van der Waals surface area contributed by atoms with Gasteiger partial charge in [-0.25, -0.2) is 0 Å². The first kappa shape index (κ1) is 13.0. The molecule has 1 fully saturated rings. The molecule has 0 N–H and O–H groups in total. The molecule has 1 atom stereocenters. The van der Waals surface area contributed by atoms with Gasteiger partial charge in [0.25, 0.3) is 0 Å². The quantitative estimate of drug-likeness (QED) is 0.676. The predicted octanol–water partition coefficient (Wildman–Crippen LogP) is 3.11. The monoisotopic (exact) mass is 214 g/mol. The Morgan fingerprint density at radius 1 is 1.13 bits per heavy atom. The standard InChI is InChI=1S/C13H26O2/c1-11-4-6-13(7-5-11)10-15-9-12(2)8-14-3/h11-13H,4-10H2,1-3H3. The first-order valence-corrected chi connectivity index (χ1v) is 6.29. The van der Waals surface area contributed by atoms with E-state index in [1.807, 2.05) is 0 Å². The summed E-state index contributed by atoms with van der Waals surface area (Å²) in [5, 5.41) is 0. The van der Waals surface area contributed by atoms with E-state index in [1.165, 1.54) is 25.7 Å². The predicted molar refractivity (Wildman–Crippen MR) is 63.0 cm³/mol. The molecule has 0 aliphatic heterocycles. The Labute approximate surface area is 94.3 Å². The molecule has 15 heavy (non-hydrogen) atoms. The van der Waals surface area contributed by atoms with E-state index in [-0.39, 0.29) is 0 Å². The fraction of sp³-hybridized carbons (Fsp3) is 1.00. The third-order valence-corrected chi connectivity index (χ3v) is 3.34. The van der Waals surface area contributed by atoms with Crippen molar-refractivity contribution in [1.82, 2.24) is 0 Å². The van der Waals surface area contributed by atoms with Gasteiger partial charge in [0.2, 0.25) is 0 Å². The average molecular weight is 214 g/mol. The maximum atomic E-state index is 5.74. The summed E-state index contributed by atoms with van der Waals surface area (Å²) in [6, 6.07) is 0. The van der Waals surface area contributed by atoms with Gasteiger partial charge in [-0.1, -0.05) is 26.7 Å². The lowest BCUT2D eigenvalue weighted by molar-refractivity contribution is 0.0365. The van der Waals surface area contributed by atoms with E-state index >= 15 is 0 Å². The molecule has 0 aromatic carbocycles. The molecule has 2 heteroatoms. The summed E-state index contributed by atoms with van der Waals surface area (Å²) in [5.74, 6) is 2.28. The van der Waals surface area contributed by atoms with Crippen molar-refractivity contribution in [2.24, 2.45) is 17.8 Å². The van der Waals surface area contributed by atoms with Gasteiger partial charge in [0.15, 0.2) is 0 Å². The van der Waals surface area contributed by atoms with Crippen LogP contribution >= 0.6 is 0 Å². The van der Waals surface area contributed by atoms with Gasteiger partial charge in [0.05, 0.1) is 13.2 Å². The van der Waals surface area contributed by atoms with Crippen LogP contribution in [0.2, 0.25) is 0 Å². The van der Waals surface area contributed by atoms with E-state index in [0.717, 1.165) is 31.7 Å². The van der Waals surface area contributed by atoms with Crippen LogP contribution in [0.5, 0.6) is 0 Å². The Hall–Kier alpha value is -0.0800. The fourth-order valence-electron chi connectivity index (χ4n) is 2.26. The van der Waals surface area contributed by atoms with Crippen LogP contribution in [0.3, 0.4) is 0 Å². The SMILES string of the molecule is COCC(C)COCC1CCC(C)CC1. The third kappa shape index (κ3) is 5.53. The van der Waals surface area contributed by atoms with Crippen molar-refractivity contribution in [3.63, 3.8) is 0 Å². The van der Waals surface area contributed by atoms with Crippen molar-refractivity contribution in [3.05, 3.63) is 0 Å². The molecule has 1 unspecified atom stereocenters. The first-order chi connectivity index (χ1) is 7.22. The van der Waals surface area contributed by atoms with Crippen LogP contribution in [-0.4, -0.2) is 26.9 Å². The van der Waals surface area contributed by atoms with Gasteiger partial charge < -0.3 is 9.47 Å². The number of ether oxygens (including phenoxy) is 2. The van der Waals surface area contributed by atoms with Gasteiger partial charge in [0.1, 0.15) is 0 Å². The summed E-state index contributed by atoms with van der Waals surface area (Å²) in [4.78, 5) is 0. The van der Waals surface area contributed by atoms with Crippen molar-refractivity contribution in [3.8, 4) is 0 Å². The second-order valence-electron chi connectivity index (χ2n) is 5.22. The van der Waals surface area contributed by atoms with Gasteiger partial charge in [-0.15, -0.1) is 0 Å². The molecule has 0 amide bonds. The van der Waals surface area contributed by atoms with Crippen LogP contribution in [0.4, 0.5) is 0 Å². The largest absolute Gasteiger partial charge is 0.384 e. The van der Waals surface area contributed by atoms with Gasteiger partial charge in [-0.3, -0.25) is 0 Å². The smallest absolute Gasteiger partial charge is 0.0513 e. The highest BCUT2D eigenvalue weighted by Gasteiger charge is 2.18. The molecular weight excluding hydrogens is 188 g/mol. The highest BCUT2D eigenvalue weighted by Crippen LogP contribution is 2.28. The first-order valence-electron chi connectivity index (χ1n) is 6.29. The third-order valence-electron chi connectivity index (χ3n) is 3.34. The molecule has 0 saturated heterocycles. The molecule has 1 saturated carbocycles. The highest BCUT2D eigenvalue weighted by atomic mass is 16.5. The zero-order chi connectivity index (χ0) is 11.1. The van der Waals surface area contributed by atoms with Gasteiger partial charge in [-0.05, 0) is 24.7 Å². The van der Waals surface area contributed by atoms with Crippen molar-refractivity contribution >= 4 is 0 Å². The maximum Gasteiger partial charge on any atom is 0.0513 e. The molecule has 0 aromatic heterocycles. The van der Waals surface area contributed by atoms with Crippen molar-refractivity contribution in [2.45, 2.75) is 39.5 Å². The zero-order valence-corrected chi connectivity index (χ0v) is 10.5. The Morgan fingerprint density at radius 3 is 2.40 bits per heavy atom. The summed E-state index contributed by atoms with van der Waals surface area (Å²) in [6.45, 7) is 7.15. The summed E-state index contributed by atoms with van der Waals surface area (Å²) in [5.41, 5.74) is 0.